The van der Waals surface area contributed by atoms with Crippen LogP contribution in [0.15, 0.2) is 30.9 Å². The molecule has 1 aromatic carbocycles. The summed E-state index contributed by atoms with van der Waals surface area (Å²) in [5.74, 6) is 0. The summed E-state index contributed by atoms with van der Waals surface area (Å²) >= 11 is 0. The second-order valence-corrected chi connectivity index (χ2v) is 2.75. The fourth-order valence-electron chi connectivity index (χ4n) is 1.15. The molecule has 0 unspecified atom stereocenters. The van der Waals surface area contributed by atoms with Gasteiger partial charge in [0.15, 0.2) is 0 Å². The molecule has 1 aromatic rings. The first-order valence-electron chi connectivity index (χ1n) is 4.04. The Hall–Kier alpha value is -2.30. The summed E-state index contributed by atoms with van der Waals surface area (Å²) < 4.78 is 0. The third-order valence-electron chi connectivity index (χ3n) is 1.82. The van der Waals surface area contributed by atoms with Crippen LogP contribution in [0.1, 0.15) is 23.6 Å². The standard InChI is InChI=1S/C12H13.Es/c1-4-6-12-8-7-11(5-2)9-10(12)3;/h4,6-9H,2H2,1,3H3;/q-1;/b6-4-;. The first-order valence-corrected chi connectivity index (χ1v) is 4.04. The zero-order chi connectivity index (χ0) is 8.97. The van der Waals surface area contributed by atoms with Crippen molar-refractivity contribution in [1.82, 2.24) is 0 Å². The van der Waals surface area contributed by atoms with E-state index in [-0.39, 0.29) is 0 Å². The van der Waals surface area contributed by atoms with Gasteiger partial charge in [0.2, 0.25) is 0 Å². The van der Waals surface area contributed by atoms with Crippen LogP contribution in [0, 0.1) is 13.0 Å². The van der Waals surface area contributed by atoms with Crippen LogP contribution in [0.3, 0.4) is 0 Å². The van der Waals surface area contributed by atoms with Crippen molar-refractivity contribution in [3.05, 3.63) is 53.6 Å². The van der Waals surface area contributed by atoms with Crippen molar-refractivity contribution in [3.8, 4) is 0 Å². The first kappa shape index (κ1) is 10.7. The van der Waals surface area contributed by atoms with Crippen molar-refractivity contribution in [2.75, 3.05) is 0 Å². The minimum atomic E-state index is 0. The van der Waals surface area contributed by atoms with Gasteiger partial charge >= 0.3 is 0 Å². The molecular weight excluding hydrogens is 396 g/mol. The molecule has 0 nitrogen and oxygen atoms in total. The Labute approximate surface area is 74.2 Å². The summed E-state index contributed by atoms with van der Waals surface area (Å²) in [6.45, 7) is 7.72. The van der Waals surface area contributed by atoms with E-state index in [9.17, 15) is 0 Å². The van der Waals surface area contributed by atoms with Crippen LogP contribution in [0.4, 0.5) is 0 Å². The van der Waals surface area contributed by atoms with Gasteiger partial charge < -0.3 is 0 Å². The average Bonchev–Trinajstić information content (AvgIpc) is 2.09. The number of benzene rings is 1. The first-order chi connectivity index (χ1) is 5.77. The van der Waals surface area contributed by atoms with Gasteiger partial charge in [0.25, 0.3) is 0 Å². The van der Waals surface area contributed by atoms with E-state index in [1.807, 2.05) is 19.1 Å². The molecule has 0 bridgehead atoms. The van der Waals surface area contributed by atoms with Crippen LogP contribution in [-0.4, -0.2) is 0 Å². The van der Waals surface area contributed by atoms with E-state index in [1.165, 1.54) is 11.1 Å². The number of rotatable bonds is 2. The summed E-state index contributed by atoms with van der Waals surface area (Å²) in [6.07, 6.45) is 7.00. The zero-order valence-electron chi connectivity index (χ0n) is 7.90. The zero-order valence-corrected chi connectivity index (χ0v) is 10.4. The molecule has 0 aliphatic carbocycles. The Morgan fingerprint density at radius 1 is 1.38 bits per heavy atom. The molecule has 0 spiro atoms. The van der Waals surface area contributed by atoms with Crippen LogP contribution in [0.2, 0.25) is 0 Å². The molecule has 0 aliphatic rings. The minimum Gasteiger partial charge on any atom is -0.193 e. The maximum absolute atomic E-state index is 3.60. The summed E-state index contributed by atoms with van der Waals surface area (Å²) in [7, 11) is 0. The van der Waals surface area contributed by atoms with Gasteiger partial charge in [0, 0.05) is 0 Å². The minimum absolute atomic E-state index is 0. The van der Waals surface area contributed by atoms with E-state index in [4.69, 9.17) is 0 Å². The van der Waals surface area contributed by atoms with Gasteiger partial charge in [-0.15, -0.1) is 6.07 Å². The molecule has 13 heavy (non-hydrogen) atoms. The Balaban J connectivity index is 0.00000144. The Morgan fingerprint density at radius 3 is 2.54 bits per heavy atom. The maximum atomic E-state index is 3.60. The van der Waals surface area contributed by atoms with E-state index in [0.717, 1.165) is 5.56 Å². The Morgan fingerprint density at radius 2 is 2.08 bits per heavy atom. The van der Waals surface area contributed by atoms with Crippen LogP contribution in [-0.2, 0) is 0 Å². The van der Waals surface area contributed by atoms with Gasteiger partial charge in [-0.05, 0) is 12.5 Å². The van der Waals surface area contributed by atoms with Gasteiger partial charge in [0.1, 0.15) is 0 Å². The van der Waals surface area contributed by atoms with Gasteiger partial charge in [-0.3, -0.25) is 0 Å². The molecule has 0 aliphatic heterocycles. The van der Waals surface area contributed by atoms with E-state index in [0.29, 0.717) is 0 Å². The molecule has 0 atom stereocenters. The van der Waals surface area contributed by atoms with Crippen LogP contribution >= 0.6 is 0 Å². The monoisotopic (exact) mass is 409 g/mol. The maximum Gasteiger partial charge on any atom is 0 e. The molecule has 1 heteroatoms. The predicted molar refractivity (Wildman–Crippen MR) is 53.9 cm³/mol. The molecular formula is C12H13Es-. The van der Waals surface area contributed by atoms with E-state index >= 15 is 0 Å². The van der Waals surface area contributed by atoms with Crippen molar-refractivity contribution >= 4 is 6.08 Å². The predicted octanol–water partition coefficient (Wildman–Crippen LogP) is 3.37. The molecule has 0 amide bonds. The summed E-state index contributed by atoms with van der Waals surface area (Å²) in [4.78, 5) is 0. The van der Waals surface area contributed by atoms with Gasteiger partial charge in [0.05, 0.1) is 0 Å². The molecule has 0 N–H and O–H groups in total. The Bertz CT molecular complexity index is 311. The molecule has 0 saturated carbocycles. The van der Waals surface area contributed by atoms with Crippen LogP contribution in [0.5, 0.6) is 0 Å². The van der Waals surface area contributed by atoms with Crippen molar-refractivity contribution in [2.45, 2.75) is 13.8 Å². The second-order valence-electron chi connectivity index (χ2n) is 2.75. The second kappa shape index (κ2) is 4.55. The fourth-order valence-corrected chi connectivity index (χ4v) is 1.15. The third-order valence-corrected chi connectivity index (χ3v) is 1.82. The van der Waals surface area contributed by atoms with Gasteiger partial charge in [-0.1, -0.05) is 24.6 Å². The third kappa shape index (κ3) is 2.33. The number of aryl methyl sites for hydroxylation is 1. The molecule has 0 heterocycles. The van der Waals surface area contributed by atoms with E-state index in [2.05, 4.69) is 37.8 Å². The van der Waals surface area contributed by atoms with Crippen molar-refractivity contribution in [2.24, 2.45) is 0 Å². The molecule has 0 fully saturated rings. The smallest absolute Gasteiger partial charge is 0 e. The van der Waals surface area contributed by atoms with Crippen LogP contribution in [0.25, 0.3) is 6.08 Å². The SMILES string of the molecule is C=[C-]c1ccc(/C=C\C)c(C)c1.[Es]. The molecule has 0 aromatic heterocycles. The van der Waals surface area contributed by atoms with E-state index < -0.39 is 0 Å². The topological polar surface area (TPSA) is 0 Å². The van der Waals surface area contributed by atoms with Crippen molar-refractivity contribution in [3.63, 3.8) is 0 Å². The summed E-state index contributed by atoms with van der Waals surface area (Å²) in [5, 5.41) is 0. The Kier molecular flexibility index (Phi) is 3.75. The quantitative estimate of drug-likeness (QED) is 0.658. The average molecular weight is 409 g/mol. The van der Waals surface area contributed by atoms with Crippen molar-refractivity contribution in [1.29, 1.82) is 0 Å². The fraction of sp³-hybridized carbons (Fsp3) is 0.167. The molecule has 0 saturated heterocycles. The summed E-state index contributed by atoms with van der Waals surface area (Å²) in [5.41, 5.74) is 3.58. The molecule has 73 valence electrons. The molecule has 1 rings (SSSR count). The summed E-state index contributed by atoms with van der Waals surface area (Å²) in [6, 6.07) is 6.19. The molecule has 1 radical (unpaired) electrons. The van der Waals surface area contributed by atoms with Gasteiger partial charge in [-0.25, -0.2) is 0 Å². The van der Waals surface area contributed by atoms with Crippen LogP contribution < -0.4 is 0 Å². The largest absolute Gasteiger partial charge is 0.193 e. The van der Waals surface area contributed by atoms with Crippen molar-refractivity contribution < 1.29 is 0 Å². The number of hydrogen-bond acceptors (Lipinski definition) is 0. The van der Waals surface area contributed by atoms with Gasteiger partial charge in [-0.2, -0.15) is 30.4 Å². The number of allylic oxidation sites excluding steroid dienone is 1. The number of hydrogen-bond donors (Lipinski definition) is 0. The normalized spacial score (nSPS) is 9.69. The van der Waals surface area contributed by atoms with E-state index in [1.54, 1.807) is 0 Å².